The van der Waals surface area contributed by atoms with Crippen LogP contribution in [0.4, 0.5) is 17.6 Å². The van der Waals surface area contributed by atoms with Crippen LogP contribution in [-0.4, -0.2) is 23.8 Å². The summed E-state index contributed by atoms with van der Waals surface area (Å²) in [6, 6.07) is 11.2. The molecule has 2 fully saturated rings. The first-order valence-electron chi connectivity index (χ1n) is 12.3. The Hall–Kier alpha value is -3.23. The molecule has 2 unspecified atom stereocenters. The molecule has 0 aromatic heterocycles. The van der Waals surface area contributed by atoms with Crippen molar-refractivity contribution < 1.29 is 36.9 Å². The summed E-state index contributed by atoms with van der Waals surface area (Å²) in [5.74, 6) is -5.27. The summed E-state index contributed by atoms with van der Waals surface area (Å²) in [7, 11) is 0. The molecule has 0 bridgehead atoms. The lowest BCUT2D eigenvalue weighted by molar-refractivity contribution is 0.0728. The van der Waals surface area contributed by atoms with Crippen molar-refractivity contribution in [2.75, 3.05) is 6.61 Å². The van der Waals surface area contributed by atoms with Gasteiger partial charge in [-0.15, -0.1) is 0 Å². The molecule has 8 heteroatoms. The van der Waals surface area contributed by atoms with E-state index in [0.717, 1.165) is 18.9 Å². The smallest absolute Gasteiger partial charge is 0.346 e. The first-order valence-corrected chi connectivity index (χ1v) is 12.3. The Morgan fingerprint density at radius 1 is 0.865 bits per heavy atom. The molecule has 2 atom stereocenters. The number of epoxide rings is 1. The number of esters is 1. The zero-order valence-corrected chi connectivity index (χ0v) is 20.1. The van der Waals surface area contributed by atoms with Gasteiger partial charge in [-0.25, -0.2) is 22.4 Å². The summed E-state index contributed by atoms with van der Waals surface area (Å²) in [6.07, 6.45) is 1.99. The summed E-state index contributed by atoms with van der Waals surface area (Å²) in [5, 5.41) is 9.78. The molecular formula is C29H26F4O4. The van der Waals surface area contributed by atoms with Gasteiger partial charge in [-0.3, -0.25) is 0 Å². The first kappa shape index (κ1) is 25.4. The molecule has 0 radical (unpaired) electrons. The zero-order chi connectivity index (χ0) is 26.3. The number of hydrogen-bond acceptors (Lipinski definition) is 4. The number of carbonyl (C=O) groups is 1. The van der Waals surface area contributed by atoms with Gasteiger partial charge in [0.05, 0.1) is 18.3 Å². The van der Waals surface area contributed by atoms with Gasteiger partial charge in [0.25, 0.3) is 0 Å². The molecule has 3 aromatic rings. The van der Waals surface area contributed by atoms with Crippen LogP contribution in [0.1, 0.15) is 66.1 Å². The second kappa shape index (κ2) is 10.3. The molecule has 1 aliphatic carbocycles. The van der Waals surface area contributed by atoms with Gasteiger partial charge in [0.15, 0.2) is 23.3 Å². The summed E-state index contributed by atoms with van der Waals surface area (Å²) < 4.78 is 68.8. The van der Waals surface area contributed by atoms with Gasteiger partial charge in [-0.05, 0) is 73.8 Å². The van der Waals surface area contributed by atoms with E-state index >= 15 is 8.78 Å². The van der Waals surface area contributed by atoms with Crippen molar-refractivity contribution in [3.63, 3.8) is 0 Å². The highest BCUT2D eigenvalue weighted by Crippen LogP contribution is 2.40. The minimum atomic E-state index is -1.31. The van der Waals surface area contributed by atoms with E-state index in [4.69, 9.17) is 9.47 Å². The topological polar surface area (TPSA) is 59.1 Å². The van der Waals surface area contributed by atoms with Crippen LogP contribution < -0.4 is 4.74 Å². The number of rotatable bonds is 6. The number of aliphatic hydroxyl groups excluding tert-OH is 1. The average molecular weight is 515 g/mol. The molecule has 0 amide bonds. The van der Waals surface area contributed by atoms with Crippen LogP contribution in [0.3, 0.4) is 0 Å². The molecule has 2 aliphatic rings. The molecule has 0 spiro atoms. The molecule has 194 valence electrons. The van der Waals surface area contributed by atoms with Gasteiger partial charge in [0.1, 0.15) is 11.9 Å². The van der Waals surface area contributed by atoms with Gasteiger partial charge in [0, 0.05) is 11.1 Å². The number of hydrogen-bond donors (Lipinski definition) is 1. The maximum atomic E-state index is 15.0. The molecule has 37 heavy (non-hydrogen) atoms. The van der Waals surface area contributed by atoms with Crippen LogP contribution in [-0.2, 0) is 4.74 Å². The summed E-state index contributed by atoms with van der Waals surface area (Å²) in [4.78, 5) is 12.4. The maximum Gasteiger partial charge on any atom is 0.346 e. The van der Waals surface area contributed by atoms with Gasteiger partial charge in [0.2, 0.25) is 0 Å². The van der Waals surface area contributed by atoms with Crippen molar-refractivity contribution in [3.05, 3.63) is 88.5 Å². The highest BCUT2D eigenvalue weighted by atomic mass is 19.2. The Morgan fingerprint density at radius 2 is 1.49 bits per heavy atom. The minimum Gasteiger partial charge on any atom is -0.423 e. The van der Waals surface area contributed by atoms with E-state index in [0.29, 0.717) is 30.6 Å². The third-order valence-corrected chi connectivity index (χ3v) is 7.39. The number of benzene rings is 3. The summed E-state index contributed by atoms with van der Waals surface area (Å²) in [6.45, 7) is 2.05. The third-order valence-electron chi connectivity index (χ3n) is 7.39. The molecule has 4 nitrogen and oxygen atoms in total. The largest absolute Gasteiger partial charge is 0.423 e. The fourth-order valence-electron chi connectivity index (χ4n) is 5.08. The Balaban J connectivity index is 1.29. The normalized spacial score (nSPS) is 21.9. The van der Waals surface area contributed by atoms with E-state index in [9.17, 15) is 18.7 Å². The lowest BCUT2D eigenvalue weighted by atomic mass is 9.76. The van der Waals surface area contributed by atoms with Gasteiger partial charge in [-0.1, -0.05) is 30.3 Å². The minimum absolute atomic E-state index is 0.0375. The van der Waals surface area contributed by atoms with Crippen molar-refractivity contribution in [2.45, 2.75) is 50.7 Å². The molecular weight excluding hydrogens is 488 g/mol. The standard InChI is InChI=1S/C29H26F4O4/c1-15(34)16-2-4-17(5-3-16)20-10-11-21(26(31)25(20)30)18-6-8-19(9-7-18)37-29(35)23-13-12-22(24-14-36-24)27(32)28(23)33/h6-13,15-17,24,34H,2-5,14H2,1H3. The number of halogens is 4. The van der Waals surface area contributed by atoms with Crippen LogP contribution in [0, 0.1) is 29.2 Å². The van der Waals surface area contributed by atoms with E-state index < -0.39 is 47.0 Å². The molecule has 1 saturated carbocycles. The molecule has 1 N–H and O–H groups in total. The summed E-state index contributed by atoms with van der Waals surface area (Å²) in [5.41, 5.74) is 0.252. The van der Waals surface area contributed by atoms with E-state index in [1.165, 1.54) is 36.4 Å². The number of ether oxygens (including phenoxy) is 2. The highest BCUT2D eigenvalue weighted by Gasteiger charge is 2.32. The quantitative estimate of drug-likeness (QED) is 0.169. The van der Waals surface area contributed by atoms with E-state index in [1.54, 1.807) is 13.0 Å². The lowest BCUT2D eigenvalue weighted by Crippen LogP contribution is -2.23. The highest BCUT2D eigenvalue weighted by molar-refractivity contribution is 5.91. The van der Waals surface area contributed by atoms with Crippen LogP contribution >= 0.6 is 0 Å². The number of carbonyl (C=O) groups excluding carboxylic acids is 1. The predicted molar refractivity (Wildman–Crippen MR) is 128 cm³/mol. The predicted octanol–water partition coefficient (Wildman–Crippen LogP) is 6.86. The first-order chi connectivity index (χ1) is 17.7. The number of aliphatic hydroxyl groups is 1. The van der Waals surface area contributed by atoms with Gasteiger partial charge >= 0.3 is 5.97 Å². The van der Waals surface area contributed by atoms with Crippen molar-refractivity contribution in [2.24, 2.45) is 5.92 Å². The molecule has 1 aliphatic heterocycles. The second-order valence-corrected chi connectivity index (χ2v) is 9.75. The zero-order valence-electron chi connectivity index (χ0n) is 20.1. The van der Waals surface area contributed by atoms with Crippen LogP contribution in [0.5, 0.6) is 5.75 Å². The Kier molecular flexibility index (Phi) is 7.05. The van der Waals surface area contributed by atoms with Crippen molar-refractivity contribution in [1.29, 1.82) is 0 Å². The van der Waals surface area contributed by atoms with Gasteiger partial charge in [-0.2, -0.15) is 0 Å². The summed E-state index contributed by atoms with van der Waals surface area (Å²) >= 11 is 0. The van der Waals surface area contributed by atoms with Crippen LogP contribution in [0.2, 0.25) is 0 Å². The van der Waals surface area contributed by atoms with Crippen molar-refractivity contribution in [3.8, 4) is 16.9 Å². The Bertz CT molecular complexity index is 1310. The molecule has 3 aromatic carbocycles. The molecule has 1 heterocycles. The van der Waals surface area contributed by atoms with Gasteiger partial charge < -0.3 is 14.6 Å². The Labute approximate surface area is 211 Å². The maximum absolute atomic E-state index is 15.0. The monoisotopic (exact) mass is 514 g/mol. The molecule has 5 rings (SSSR count). The fourth-order valence-corrected chi connectivity index (χ4v) is 5.08. The van der Waals surface area contributed by atoms with Crippen molar-refractivity contribution in [1.82, 2.24) is 0 Å². The third kappa shape index (κ3) is 5.13. The molecule has 1 saturated heterocycles. The van der Waals surface area contributed by atoms with E-state index in [-0.39, 0.29) is 28.7 Å². The van der Waals surface area contributed by atoms with Crippen molar-refractivity contribution >= 4 is 5.97 Å². The van der Waals surface area contributed by atoms with E-state index in [2.05, 4.69) is 0 Å². The van der Waals surface area contributed by atoms with Crippen LogP contribution in [0.15, 0.2) is 48.5 Å². The average Bonchev–Trinajstić information content (AvgIpc) is 3.73. The lowest BCUT2D eigenvalue weighted by Gasteiger charge is -2.30. The SMILES string of the molecule is CC(O)C1CCC(c2ccc(-c3ccc(OC(=O)c4ccc(C5CO5)c(F)c4F)cc3)c(F)c2F)CC1. The second-order valence-electron chi connectivity index (χ2n) is 9.75. The Morgan fingerprint density at radius 3 is 2.11 bits per heavy atom. The van der Waals surface area contributed by atoms with E-state index in [1.807, 2.05) is 0 Å². The fraction of sp³-hybridized carbons (Fsp3) is 0.345. The van der Waals surface area contributed by atoms with Crippen LogP contribution in [0.25, 0.3) is 11.1 Å².